The summed E-state index contributed by atoms with van der Waals surface area (Å²) in [5, 5.41) is 4.84. The number of anilines is 1. The molecule has 0 spiro atoms. The Bertz CT molecular complexity index is 1030. The summed E-state index contributed by atoms with van der Waals surface area (Å²) in [6.07, 6.45) is 6.53. The molecular weight excluding hydrogens is 312 g/mol. The highest BCUT2D eigenvalue weighted by atomic mass is 15.3. The molecule has 1 aliphatic rings. The van der Waals surface area contributed by atoms with Crippen LogP contribution in [0.4, 0.5) is 5.82 Å². The lowest BCUT2D eigenvalue weighted by atomic mass is 9.99. The van der Waals surface area contributed by atoms with E-state index in [2.05, 4.69) is 38.9 Å². The van der Waals surface area contributed by atoms with Crippen molar-refractivity contribution in [2.24, 2.45) is 0 Å². The summed E-state index contributed by atoms with van der Waals surface area (Å²) in [7, 11) is 0. The Morgan fingerprint density at radius 3 is 2.96 bits per heavy atom. The van der Waals surface area contributed by atoms with E-state index in [-0.39, 0.29) is 6.04 Å². The number of H-pyrrole nitrogens is 1. The van der Waals surface area contributed by atoms with Crippen molar-refractivity contribution < 1.29 is 0 Å². The van der Waals surface area contributed by atoms with E-state index in [9.17, 15) is 0 Å². The van der Waals surface area contributed by atoms with Crippen LogP contribution in [0.3, 0.4) is 0 Å². The van der Waals surface area contributed by atoms with Gasteiger partial charge in [0.2, 0.25) is 0 Å². The summed E-state index contributed by atoms with van der Waals surface area (Å²) in [6, 6.07) is 12.3. The molecule has 5 heterocycles. The van der Waals surface area contributed by atoms with E-state index >= 15 is 0 Å². The van der Waals surface area contributed by atoms with Gasteiger partial charge in [-0.3, -0.25) is 0 Å². The van der Waals surface area contributed by atoms with E-state index in [0.29, 0.717) is 0 Å². The van der Waals surface area contributed by atoms with E-state index in [1.165, 1.54) is 11.3 Å². The van der Waals surface area contributed by atoms with Gasteiger partial charge in [-0.15, -0.1) is 0 Å². The summed E-state index contributed by atoms with van der Waals surface area (Å²) in [5.74, 6) is 0.954. The minimum atomic E-state index is -0.0378. The summed E-state index contributed by atoms with van der Waals surface area (Å²) in [4.78, 5) is 14.7. The van der Waals surface area contributed by atoms with Gasteiger partial charge >= 0.3 is 0 Å². The number of hydrogen-bond acceptors (Lipinski definition) is 4. The van der Waals surface area contributed by atoms with E-state index in [4.69, 9.17) is 5.10 Å². The zero-order chi connectivity index (χ0) is 16.8. The Morgan fingerprint density at radius 1 is 1.16 bits per heavy atom. The van der Waals surface area contributed by atoms with Gasteiger partial charge in [-0.2, -0.15) is 5.10 Å². The number of fused-ring (bicyclic) bond motifs is 2. The standard InChI is InChI=1S/C19H18N6/c1-13-5-4-9-25-16(13)11-15(23-25)19-18-14(21-12-22-18)7-10-24(19)17-6-2-3-8-20-17/h2-6,8-9,11-12,19H,7,10H2,1H3,(H,21,22). The average molecular weight is 330 g/mol. The molecule has 1 N–H and O–H groups in total. The molecule has 4 aromatic heterocycles. The lowest BCUT2D eigenvalue weighted by molar-refractivity contribution is 0.610. The molecule has 6 heteroatoms. The van der Waals surface area contributed by atoms with Crippen molar-refractivity contribution in [2.45, 2.75) is 19.4 Å². The molecule has 5 rings (SSSR count). The van der Waals surface area contributed by atoms with Gasteiger partial charge in [-0.1, -0.05) is 12.1 Å². The largest absolute Gasteiger partial charge is 0.348 e. The number of aromatic amines is 1. The molecular formula is C19H18N6. The average Bonchev–Trinajstić information content (AvgIpc) is 3.29. The van der Waals surface area contributed by atoms with Crippen LogP contribution in [0.25, 0.3) is 5.52 Å². The lowest BCUT2D eigenvalue weighted by Gasteiger charge is -2.34. The number of rotatable bonds is 2. The molecule has 124 valence electrons. The van der Waals surface area contributed by atoms with Crippen LogP contribution >= 0.6 is 0 Å². The first kappa shape index (κ1) is 14.2. The maximum absolute atomic E-state index is 4.84. The van der Waals surface area contributed by atoms with E-state index in [1.54, 1.807) is 6.33 Å². The normalized spacial score (nSPS) is 17.0. The van der Waals surface area contributed by atoms with Crippen molar-refractivity contribution >= 4 is 11.3 Å². The van der Waals surface area contributed by atoms with Crippen molar-refractivity contribution in [3.8, 4) is 0 Å². The van der Waals surface area contributed by atoms with Gasteiger partial charge in [-0.25, -0.2) is 14.5 Å². The van der Waals surface area contributed by atoms with Gasteiger partial charge < -0.3 is 9.88 Å². The molecule has 0 fully saturated rings. The molecule has 25 heavy (non-hydrogen) atoms. The van der Waals surface area contributed by atoms with Gasteiger partial charge in [0.05, 0.1) is 23.2 Å². The summed E-state index contributed by atoms with van der Waals surface area (Å²) in [6.45, 7) is 2.99. The highest BCUT2D eigenvalue weighted by Crippen LogP contribution is 2.35. The monoisotopic (exact) mass is 330 g/mol. The Hall–Kier alpha value is -3.15. The predicted molar refractivity (Wildman–Crippen MR) is 95.6 cm³/mol. The first-order valence-electron chi connectivity index (χ1n) is 8.46. The van der Waals surface area contributed by atoms with Gasteiger partial charge in [0, 0.05) is 31.1 Å². The van der Waals surface area contributed by atoms with Crippen molar-refractivity contribution in [1.82, 2.24) is 24.6 Å². The first-order valence-corrected chi connectivity index (χ1v) is 8.46. The first-order chi connectivity index (χ1) is 12.3. The topological polar surface area (TPSA) is 62.1 Å². The molecule has 0 amide bonds. The van der Waals surface area contributed by atoms with Crippen LogP contribution in [0.2, 0.25) is 0 Å². The molecule has 1 aliphatic heterocycles. The second kappa shape index (κ2) is 5.44. The Balaban J connectivity index is 1.70. The zero-order valence-electron chi connectivity index (χ0n) is 13.9. The highest BCUT2D eigenvalue weighted by Gasteiger charge is 2.33. The molecule has 0 radical (unpaired) electrons. The van der Waals surface area contributed by atoms with Crippen molar-refractivity contribution in [3.05, 3.63) is 77.8 Å². The minimum absolute atomic E-state index is 0.0378. The van der Waals surface area contributed by atoms with E-state index < -0.39 is 0 Å². The lowest BCUT2D eigenvalue weighted by Crippen LogP contribution is -2.37. The van der Waals surface area contributed by atoms with Crippen LogP contribution in [0.15, 0.2) is 55.1 Å². The zero-order valence-corrected chi connectivity index (χ0v) is 13.9. The number of pyridine rings is 2. The Kier molecular flexibility index (Phi) is 3.09. The molecule has 0 aromatic carbocycles. The van der Waals surface area contributed by atoms with Crippen LogP contribution in [0.5, 0.6) is 0 Å². The van der Waals surface area contributed by atoms with Crippen molar-refractivity contribution in [2.75, 3.05) is 11.4 Å². The molecule has 1 atom stereocenters. The second-order valence-electron chi connectivity index (χ2n) is 6.39. The molecule has 0 aliphatic carbocycles. The maximum atomic E-state index is 4.84. The van der Waals surface area contributed by atoms with Crippen molar-refractivity contribution in [3.63, 3.8) is 0 Å². The fourth-order valence-corrected chi connectivity index (χ4v) is 3.66. The van der Waals surface area contributed by atoms with Crippen LogP contribution in [-0.2, 0) is 6.42 Å². The number of hydrogen-bond donors (Lipinski definition) is 1. The van der Waals surface area contributed by atoms with Gasteiger partial charge in [-0.05, 0) is 36.8 Å². The summed E-state index contributed by atoms with van der Waals surface area (Å²) < 4.78 is 1.95. The number of nitrogens with zero attached hydrogens (tertiary/aromatic N) is 5. The fraction of sp³-hybridized carbons (Fsp3) is 0.211. The van der Waals surface area contributed by atoms with Crippen molar-refractivity contribution in [1.29, 1.82) is 0 Å². The molecule has 0 saturated heterocycles. The predicted octanol–water partition coefficient (Wildman–Crippen LogP) is 2.91. The fourth-order valence-electron chi connectivity index (χ4n) is 3.66. The van der Waals surface area contributed by atoms with Gasteiger partial charge in [0.15, 0.2) is 0 Å². The Labute approximate surface area is 145 Å². The minimum Gasteiger partial charge on any atom is -0.348 e. The van der Waals surface area contributed by atoms with Gasteiger partial charge in [0.1, 0.15) is 11.9 Å². The number of aromatic nitrogens is 5. The van der Waals surface area contributed by atoms with Crippen LogP contribution in [0.1, 0.15) is 28.7 Å². The van der Waals surface area contributed by atoms with Crippen LogP contribution < -0.4 is 4.90 Å². The highest BCUT2D eigenvalue weighted by molar-refractivity contribution is 5.57. The Morgan fingerprint density at radius 2 is 2.12 bits per heavy atom. The third kappa shape index (κ3) is 2.21. The number of aryl methyl sites for hydroxylation is 1. The smallest absolute Gasteiger partial charge is 0.129 e. The third-order valence-corrected chi connectivity index (χ3v) is 4.88. The van der Waals surface area contributed by atoms with Crippen LogP contribution in [0, 0.1) is 6.92 Å². The molecule has 0 saturated carbocycles. The van der Waals surface area contributed by atoms with E-state index in [0.717, 1.165) is 35.7 Å². The number of imidazole rings is 1. The maximum Gasteiger partial charge on any atom is 0.129 e. The molecule has 0 bridgehead atoms. The van der Waals surface area contributed by atoms with E-state index in [1.807, 2.05) is 41.2 Å². The summed E-state index contributed by atoms with van der Waals surface area (Å²) in [5.41, 5.74) is 5.56. The SMILES string of the molecule is Cc1cccn2nc(C3c4nc[nH]c4CCN3c3ccccn3)cc12. The summed E-state index contributed by atoms with van der Waals surface area (Å²) >= 11 is 0. The van der Waals surface area contributed by atoms with Gasteiger partial charge in [0.25, 0.3) is 0 Å². The number of nitrogens with one attached hydrogen (secondary N) is 1. The van der Waals surface area contributed by atoms with Crippen LogP contribution in [-0.4, -0.2) is 31.1 Å². The molecule has 6 nitrogen and oxygen atoms in total. The molecule has 1 unspecified atom stereocenters. The molecule has 4 aromatic rings. The quantitative estimate of drug-likeness (QED) is 0.614. The second-order valence-corrected chi connectivity index (χ2v) is 6.39. The third-order valence-electron chi connectivity index (χ3n) is 4.88.